The van der Waals surface area contributed by atoms with E-state index in [1.807, 2.05) is 6.92 Å². The summed E-state index contributed by atoms with van der Waals surface area (Å²) in [5.41, 5.74) is 6.02. The predicted octanol–water partition coefficient (Wildman–Crippen LogP) is 2.24. The van der Waals surface area contributed by atoms with Crippen LogP contribution < -0.4 is 5.73 Å². The number of benzene rings is 1. The molecule has 110 valence electrons. The minimum Gasteiger partial charge on any atom is -0.338 e. The van der Waals surface area contributed by atoms with Gasteiger partial charge < -0.3 is 10.6 Å². The SMILES string of the molecule is CC(N)C1CCCCN1C(=O)Cc1cc(F)ccc1F. The minimum atomic E-state index is -0.547. The van der Waals surface area contributed by atoms with E-state index in [-0.39, 0.29) is 30.0 Å². The van der Waals surface area contributed by atoms with E-state index >= 15 is 0 Å². The lowest BCUT2D eigenvalue weighted by atomic mass is 9.96. The number of amides is 1. The van der Waals surface area contributed by atoms with Crippen molar-refractivity contribution in [1.29, 1.82) is 0 Å². The normalized spacial score (nSPS) is 20.8. The Morgan fingerprint density at radius 2 is 2.20 bits per heavy atom. The number of nitrogens with zero attached hydrogens (tertiary/aromatic N) is 1. The molecule has 1 amide bonds. The van der Waals surface area contributed by atoms with E-state index in [0.29, 0.717) is 6.54 Å². The van der Waals surface area contributed by atoms with Gasteiger partial charge in [0.05, 0.1) is 6.42 Å². The molecule has 3 nitrogen and oxygen atoms in total. The van der Waals surface area contributed by atoms with Gasteiger partial charge in [0.2, 0.25) is 5.91 Å². The highest BCUT2D eigenvalue weighted by molar-refractivity contribution is 5.79. The molecule has 1 aromatic carbocycles. The summed E-state index contributed by atoms with van der Waals surface area (Å²) in [6.45, 7) is 2.51. The molecule has 0 bridgehead atoms. The van der Waals surface area contributed by atoms with Crippen molar-refractivity contribution in [3.8, 4) is 0 Å². The maximum absolute atomic E-state index is 13.6. The lowest BCUT2D eigenvalue weighted by molar-refractivity contribution is -0.134. The molecule has 0 radical (unpaired) electrons. The summed E-state index contributed by atoms with van der Waals surface area (Å²) >= 11 is 0. The van der Waals surface area contributed by atoms with Gasteiger partial charge >= 0.3 is 0 Å². The van der Waals surface area contributed by atoms with E-state index < -0.39 is 11.6 Å². The van der Waals surface area contributed by atoms with Gasteiger partial charge in [0.25, 0.3) is 0 Å². The van der Waals surface area contributed by atoms with Crippen LogP contribution in [0.5, 0.6) is 0 Å². The Hall–Kier alpha value is -1.49. The van der Waals surface area contributed by atoms with Crippen LogP contribution in [0.4, 0.5) is 8.78 Å². The van der Waals surface area contributed by atoms with Gasteiger partial charge in [0.15, 0.2) is 0 Å². The fourth-order valence-electron chi connectivity index (χ4n) is 2.76. The third kappa shape index (κ3) is 3.33. The van der Waals surface area contributed by atoms with Crippen molar-refractivity contribution >= 4 is 5.91 Å². The average Bonchev–Trinajstić information content (AvgIpc) is 2.42. The second-order valence-electron chi connectivity index (χ2n) is 5.42. The molecule has 20 heavy (non-hydrogen) atoms. The highest BCUT2D eigenvalue weighted by Crippen LogP contribution is 2.21. The Labute approximate surface area is 117 Å². The van der Waals surface area contributed by atoms with Crippen LogP contribution in [0.25, 0.3) is 0 Å². The molecule has 5 heteroatoms. The highest BCUT2D eigenvalue weighted by Gasteiger charge is 2.29. The Morgan fingerprint density at radius 1 is 1.45 bits per heavy atom. The first kappa shape index (κ1) is 14.9. The first-order valence-electron chi connectivity index (χ1n) is 6.98. The van der Waals surface area contributed by atoms with E-state index in [0.717, 1.165) is 37.5 Å². The highest BCUT2D eigenvalue weighted by atomic mass is 19.1. The molecule has 1 fully saturated rings. The molecule has 2 N–H and O–H groups in total. The summed E-state index contributed by atoms with van der Waals surface area (Å²) in [4.78, 5) is 14.0. The van der Waals surface area contributed by atoms with Crippen LogP contribution in [0.3, 0.4) is 0 Å². The monoisotopic (exact) mass is 282 g/mol. The Morgan fingerprint density at radius 3 is 2.90 bits per heavy atom. The molecule has 0 saturated carbocycles. The number of piperidine rings is 1. The number of hydrogen-bond acceptors (Lipinski definition) is 2. The molecule has 1 saturated heterocycles. The summed E-state index contributed by atoms with van der Waals surface area (Å²) in [5, 5.41) is 0. The molecule has 0 aromatic heterocycles. The van der Waals surface area contributed by atoms with Gasteiger partial charge in [-0.25, -0.2) is 8.78 Å². The lowest BCUT2D eigenvalue weighted by Gasteiger charge is -2.38. The van der Waals surface area contributed by atoms with Crippen molar-refractivity contribution in [2.75, 3.05) is 6.54 Å². The molecule has 2 atom stereocenters. The molecule has 2 rings (SSSR count). The molecule has 1 heterocycles. The number of hydrogen-bond donors (Lipinski definition) is 1. The molecule has 0 spiro atoms. The van der Waals surface area contributed by atoms with Crippen LogP contribution in [0.1, 0.15) is 31.7 Å². The Kier molecular flexibility index (Phi) is 4.70. The number of carbonyl (C=O) groups excluding carboxylic acids is 1. The second-order valence-corrected chi connectivity index (χ2v) is 5.42. The van der Waals surface area contributed by atoms with Crippen molar-refractivity contribution in [2.24, 2.45) is 5.73 Å². The van der Waals surface area contributed by atoms with Gasteiger partial charge in [-0.05, 0) is 44.4 Å². The minimum absolute atomic E-state index is 0.00660. The van der Waals surface area contributed by atoms with Crippen LogP contribution in [0.15, 0.2) is 18.2 Å². The number of likely N-dealkylation sites (tertiary alicyclic amines) is 1. The van der Waals surface area contributed by atoms with Gasteiger partial charge in [0, 0.05) is 24.2 Å². The van der Waals surface area contributed by atoms with Crippen LogP contribution >= 0.6 is 0 Å². The summed E-state index contributed by atoms with van der Waals surface area (Å²) in [6.07, 6.45) is 2.73. The summed E-state index contributed by atoms with van der Waals surface area (Å²) in [7, 11) is 0. The number of carbonyl (C=O) groups is 1. The van der Waals surface area contributed by atoms with E-state index in [9.17, 15) is 13.6 Å². The summed E-state index contributed by atoms with van der Waals surface area (Å²) in [5.74, 6) is -1.26. The van der Waals surface area contributed by atoms with E-state index in [1.54, 1.807) is 4.90 Å². The maximum atomic E-state index is 13.6. The average molecular weight is 282 g/mol. The Balaban J connectivity index is 2.12. The van der Waals surface area contributed by atoms with E-state index in [4.69, 9.17) is 5.73 Å². The molecule has 1 aliphatic rings. The fraction of sp³-hybridized carbons (Fsp3) is 0.533. The molecule has 2 unspecified atom stereocenters. The van der Waals surface area contributed by atoms with Gasteiger partial charge in [-0.3, -0.25) is 4.79 Å². The van der Waals surface area contributed by atoms with Crippen molar-refractivity contribution in [3.05, 3.63) is 35.4 Å². The molecule has 1 aromatic rings. The second kappa shape index (κ2) is 6.31. The van der Waals surface area contributed by atoms with E-state index in [1.165, 1.54) is 0 Å². The first-order chi connectivity index (χ1) is 9.49. The van der Waals surface area contributed by atoms with Gasteiger partial charge in [-0.15, -0.1) is 0 Å². The van der Waals surface area contributed by atoms with Crippen LogP contribution in [0, 0.1) is 11.6 Å². The van der Waals surface area contributed by atoms with Gasteiger partial charge in [0.1, 0.15) is 11.6 Å². The summed E-state index contributed by atoms with van der Waals surface area (Å²) < 4.78 is 26.7. The fourth-order valence-corrected chi connectivity index (χ4v) is 2.76. The van der Waals surface area contributed by atoms with Crippen molar-refractivity contribution < 1.29 is 13.6 Å². The number of rotatable bonds is 3. The predicted molar refractivity (Wildman–Crippen MR) is 73.1 cm³/mol. The number of nitrogens with two attached hydrogens (primary N) is 1. The van der Waals surface area contributed by atoms with Crippen LogP contribution in [-0.4, -0.2) is 29.4 Å². The third-order valence-corrected chi connectivity index (χ3v) is 3.83. The molecular formula is C15H20F2N2O. The quantitative estimate of drug-likeness (QED) is 0.924. The zero-order valence-electron chi connectivity index (χ0n) is 11.6. The lowest BCUT2D eigenvalue weighted by Crippen LogP contribution is -2.52. The van der Waals surface area contributed by atoms with Gasteiger partial charge in [-0.1, -0.05) is 0 Å². The van der Waals surface area contributed by atoms with Crippen LogP contribution in [-0.2, 0) is 11.2 Å². The van der Waals surface area contributed by atoms with E-state index in [2.05, 4.69) is 0 Å². The zero-order valence-corrected chi connectivity index (χ0v) is 11.6. The van der Waals surface area contributed by atoms with Crippen molar-refractivity contribution in [1.82, 2.24) is 4.90 Å². The number of halogens is 2. The topological polar surface area (TPSA) is 46.3 Å². The van der Waals surface area contributed by atoms with Crippen molar-refractivity contribution in [3.63, 3.8) is 0 Å². The van der Waals surface area contributed by atoms with Crippen LogP contribution in [0.2, 0.25) is 0 Å². The smallest absolute Gasteiger partial charge is 0.227 e. The molecule has 1 aliphatic heterocycles. The standard InChI is InChI=1S/C15H20F2N2O/c1-10(18)14-4-2-3-7-19(14)15(20)9-11-8-12(16)5-6-13(11)17/h5-6,8,10,14H,2-4,7,9,18H2,1H3. The Bertz CT molecular complexity index is 491. The zero-order chi connectivity index (χ0) is 14.7. The van der Waals surface area contributed by atoms with Crippen molar-refractivity contribution in [2.45, 2.75) is 44.7 Å². The van der Waals surface area contributed by atoms with Gasteiger partial charge in [-0.2, -0.15) is 0 Å². The molecule has 0 aliphatic carbocycles. The molecular weight excluding hydrogens is 262 g/mol. The maximum Gasteiger partial charge on any atom is 0.227 e. The third-order valence-electron chi connectivity index (χ3n) is 3.83. The summed E-state index contributed by atoms with van der Waals surface area (Å²) in [6, 6.07) is 3.06. The largest absolute Gasteiger partial charge is 0.338 e. The first-order valence-corrected chi connectivity index (χ1v) is 6.98.